The summed E-state index contributed by atoms with van der Waals surface area (Å²) >= 11 is 0. The van der Waals surface area contributed by atoms with Gasteiger partial charge in [0.05, 0.1) is 0 Å². The Kier molecular flexibility index (Phi) is 6.07. The molecule has 0 unspecified atom stereocenters. The van der Waals surface area contributed by atoms with Crippen LogP contribution in [-0.2, 0) is 11.2 Å². The van der Waals surface area contributed by atoms with Crippen LogP contribution in [0.15, 0.2) is 54.6 Å². The number of nitrogens with zero attached hydrogens (tertiary/aromatic N) is 2. The molecule has 0 bridgehead atoms. The summed E-state index contributed by atoms with van der Waals surface area (Å²) < 4.78 is 0. The van der Waals surface area contributed by atoms with Crippen molar-refractivity contribution in [2.45, 2.75) is 20.3 Å². The molecule has 27 heavy (non-hydrogen) atoms. The van der Waals surface area contributed by atoms with Crippen LogP contribution >= 0.6 is 0 Å². The highest BCUT2D eigenvalue weighted by Crippen LogP contribution is 2.18. The first-order valence-electron chi connectivity index (χ1n) is 9.48. The van der Waals surface area contributed by atoms with Gasteiger partial charge in [-0.2, -0.15) is 0 Å². The molecule has 3 rings (SSSR count). The molecule has 1 saturated heterocycles. The van der Waals surface area contributed by atoms with Gasteiger partial charge in [-0.3, -0.25) is 9.59 Å². The molecule has 1 fully saturated rings. The molecule has 140 valence electrons. The van der Waals surface area contributed by atoms with Crippen molar-refractivity contribution < 1.29 is 9.59 Å². The van der Waals surface area contributed by atoms with Gasteiger partial charge < -0.3 is 9.80 Å². The Morgan fingerprint density at radius 2 is 1.56 bits per heavy atom. The monoisotopic (exact) mass is 362 g/mol. The Morgan fingerprint density at radius 1 is 0.926 bits per heavy atom. The summed E-state index contributed by atoms with van der Waals surface area (Å²) in [5.41, 5.74) is 4.17. The van der Waals surface area contributed by atoms with Crippen molar-refractivity contribution >= 4 is 23.5 Å². The number of carbonyl (C=O) groups is 2. The average molecular weight is 362 g/mol. The van der Waals surface area contributed by atoms with Gasteiger partial charge in [0, 0.05) is 43.5 Å². The van der Waals surface area contributed by atoms with Crippen molar-refractivity contribution in [3.63, 3.8) is 0 Å². The number of anilines is 1. The molecule has 0 aliphatic carbocycles. The normalized spacial score (nSPS) is 14.6. The van der Waals surface area contributed by atoms with Gasteiger partial charge in [-0.05, 0) is 54.8 Å². The second-order valence-electron chi connectivity index (χ2n) is 6.84. The number of benzene rings is 2. The minimum Gasteiger partial charge on any atom is -0.368 e. The molecule has 2 aromatic carbocycles. The van der Waals surface area contributed by atoms with E-state index in [-0.39, 0.29) is 11.7 Å². The first-order chi connectivity index (χ1) is 13.1. The summed E-state index contributed by atoms with van der Waals surface area (Å²) in [5.74, 6) is 0.134. The highest BCUT2D eigenvalue weighted by atomic mass is 16.2. The molecular formula is C23H26N2O2. The van der Waals surface area contributed by atoms with Crippen molar-refractivity contribution in [3.05, 3.63) is 71.3 Å². The highest BCUT2D eigenvalue weighted by molar-refractivity contribution is 5.94. The van der Waals surface area contributed by atoms with Crippen LogP contribution in [0.3, 0.4) is 0 Å². The standard InChI is InChI=1S/C23H26N2O2/c1-3-19-4-6-20(7-5-19)8-13-23(27)25-16-14-24(15-17-25)22-11-9-21(10-12-22)18(2)26/h4-13H,3,14-17H2,1-2H3/b13-8+. The van der Waals surface area contributed by atoms with E-state index in [0.717, 1.165) is 36.3 Å². The van der Waals surface area contributed by atoms with Crippen LogP contribution in [-0.4, -0.2) is 42.8 Å². The SMILES string of the molecule is CCc1ccc(/C=C/C(=O)N2CCN(c3ccc(C(C)=O)cc3)CC2)cc1. The second-order valence-corrected chi connectivity index (χ2v) is 6.84. The summed E-state index contributed by atoms with van der Waals surface area (Å²) in [6, 6.07) is 16.0. The number of aryl methyl sites for hydroxylation is 1. The predicted molar refractivity (Wildman–Crippen MR) is 110 cm³/mol. The van der Waals surface area contributed by atoms with Crippen LogP contribution in [0.1, 0.15) is 35.3 Å². The zero-order valence-electron chi connectivity index (χ0n) is 16.0. The molecule has 0 saturated carbocycles. The van der Waals surface area contributed by atoms with Crippen LogP contribution < -0.4 is 4.90 Å². The third kappa shape index (κ3) is 4.85. The maximum Gasteiger partial charge on any atom is 0.246 e. The number of carbonyl (C=O) groups excluding carboxylic acids is 2. The molecule has 0 N–H and O–H groups in total. The quantitative estimate of drug-likeness (QED) is 0.600. The maximum absolute atomic E-state index is 12.4. The van der Waals surface area contributed by atoms with Gasteiger partial charge in [0.15, 0.2) is 5.78 Å². The van der Waals surface area contributed by atoms with E-state index >= 15 is 0 Å². The molecule has 1 heterocycles. The van der Waals surface area contributed by atoms with Crippen LogP contribution in [0.25, 0.3) is 6.08 Å². The molecule has 0 radical (unpaired) electrons. The number of hydrogen-bond donors (Lipinski definition) is 0. The Bertz CT molecular complexity index is 814. The van der Waals surface area contributed by atoms with Gasteiger partial charge in [0.25, 0.3) is 0 Å². The lowest BCUT2D eigenvalue weighted by atomic mass is 10.1. The van der Waals surface area contributed by atoms with Gasteiger partial charge in [0.2, 0.25) is 5.91 Å². The summed E-state index contributed by atoms with van der Waals surface area (Å²) in [6.07, 6.45) is 4.57. The van der Waals surface area contributed by atoms with Crippen LogP contribution in [0, 0.1) is 0 Å². The highest BCUT2D eigenvalue weighted by Gasteiger charge is 2.19. The Hall–Kier alpha value is -2.88. The minimum atomic E-state index is 0.0566. The molecule has 4 heteroatoms. The first kappa shape index (κ1) is 18.9. The van der Waals surface area contributed by atoms with E-state index < -0.39 is 0 Å². The van der Waals surface area contributed by atoms with Gasteiger partial charge in [-0.15, -0.1) is 0 Å². The van der Waals surface area contributed by atoms with Crippen molar-refractivity contribution in [3.8, 4) is 0 Å². The Morgan fingerprint density at radius 3 is 2.11 bits per heavy atom. The number of ketones is 1. The Balaban J connectivity index is 1.54. The summed E-state index contributed by atoms with van der Waals surface area (Å²) in [6.45, 7) is 6.70. The van der Waals surface area contributed by atoms with Gasteiger partial charge >= 0.3 is 0 Å². The lowest BCUT2D eigenvalue weighted by molar-refractivity contribution is -0.126. The molecule has 0 atom stereocenters. The van der Waals surface area contributed by atoms with Gasteiger partial charge in [-0.25, -0.2) is 0 Å². The van der Waals surface area contributed by atoms with E-state index in [0.29, 0.717) is 13.1 Å². The topological polar surface area (TPSA) is 40.6 Å². The molecule has 0 aromatic heterocycles. The summed E-state index contributed by atoms with van der Waals surface area (Å²) in [7, 11) is 0. The van der Waals surface area contributed by atoms with E-state index in [4.69, 9.17) is 0 Å². The fourth-order valence-corrected chi connectivity index (χ4v) is 3.23. The lowest BCUT2D eigenvalue weighted by Gasteiger charge is -2.35. The molecule has 4 nitrogen and oxygen atoms in total. The van der Waals surface area contributed by atoms with Gasteiger partial charge in [0.1, 0.15) is 0 Å². The van der Waals surface area contributed by atoms with E-state index in [1.165, 1.54) is 5.56 Å². The van der Waals surface area contributed by atoms with E-state index in [2.05, 4.69) is 24.0 Å². The summed E-state index contributed by atoms with van der Waals surface area (Å²) in [4.78, 5) is 28.0. The maximum atomic E-state index is 12.4. The van der Waals surface area contributed by atoms with Crippen LogP contribution in [0.4, 0.5) is 5.69 Å². The number of hydrogen-bond acceptors (Lipinski definition) is 3. The van der Waals surface area contributed by atoms with E-state index in [9.17, 15) is 9.59 Å². The number of rotatable bonds is 5. The number of Topliss-reactive ketones (excluding diaryl/α,β-unsaturated/α-hetero) is 1. The second kappa shape index (κ2) is 8.67. The summed E-state index contributed by atoms with van der Waals surface area (Å²) in [5, 5.41) is 0. The van der Waals surface area contributed by atoms with Crippen molar-refractivity contribution in [1.29, 1.82) is 0 Å². The van der Waals surface area contributed by atoms with Crippen molar-refractivity contribution in [2.75, 3.05) is 31.1 Å². The zero-order chi connectivity index (χ0) is 19.2. The smallest absolute Gasteiger partial charge is 0.246 e. The number of amides is 1. The third-order valence-corrected chi connectivity index (χ3v) is 5.04. The minimum absolute atomic E-state index is 0.0566. The fourth-order valence-electron chi connectivity index (χ4n) is 3.23. The molecular weight excluding hydrogens is 336 g/mol. The van der Waals surface area contributed by atoms with Crippen molar-refractivity contribution in [1.82, 2.24) is 4.90 Å². The average Bonchev–Trinajstić information content (AvgIpc) is 2.72. The molecule has 0 spiro atoms. The predicted octanol–water partition coefficient (Wildman–Crippen LogP) is 3.81. The molecule has 1 aliphatic rings. The number of piperazine rings is 1. The first-order valence-corrected chi connectivity index (χ1v) is 9.48. The van der Waals surface area contributed by atoms with Crippen LogP contribution in [0.5, 0.6) is 0 Å². The molecule has 1 amide bonds. The van der Waals surface area contributed by atoms with Crippen molar-refractivity contribution in [2.24, 2.45) is 0 Å². The lowest BCUT2D eigenvalue weighted by Crippen LogP contribution is -2.48. The fraction of sp³-hybridized carbons (Fsp3) is 0.304. The Labute approximate surface area is 161 Å². The largest absolute Gasteiger partial charge is 0.368 e. The molecule has 1 aliphatic heterocycles. The zero-order valence-corrected chi connectivity index (χ0v) is 16.0. The van der Waals surface area contributed by atoms with E-state index in [1.54, 1.807) is 13.0 Å². The molecule has 2 aromatic rings. The van der Waals surface area contributed by atoms with E-state index in [1.807, 2.05) is 47.4 Å². The van der Waals surface area contributed by atoms with Crippen LogP contribution in [0.2, 0.25) is 0 Å². The third-order valence-electron chi connectivity index (χ3n) is 5.04. The van der Waals surface area contributed by atoms with Gasteiger partial charge in [-0.1, -0.05) is 31.2 Å².